The number of hydrogen-bond donors (Lipinski definition) is 1. The molecule has 1 aliphatic heterocycles. The van der Waals surface area contributed by atoms with E-state index in [0.717, 1.165) is 23.1 Å². The van der Waals surface area contributed by atoms with Crippen LogP contribution in [0.3, 0.4) is 0 Å². The average molecular weight is 340 g/mol. The number of nitrogens with one attached hydrogen (secondary N) is 1. The quantitative estimate of drug-likeness (QED) is 0.504. The third-order valence-corrected chi connectivity index (χ3v) is 5.36. The fourth-order valence-corrected chi connectivity index (χ4v) is 3.90. The standard InChI is InChI=1S/C14H16N2O4S2/c1-3-20-14(18)11-8(2)10(21-7-15)13(22-11)16-12(17)9-4-5-19-6-9/h9H,3-6H2,1-2H3,(H,16,17). The number of esters is 1. The predicted octanol–water partition coefficient (Wildman–Crippen LogP) is 2.78. The van der Waals surface area contributed by atoms with Crippen molar-refractivity contribution in [2.75, 3.05) is 25.1 Å². The van der Waals surface area contributed by atoms with Gasteiger partial charge in [0, 0.05) is 6.61 Å². The Kier molecular flexibility index (Phi) is 5.83. The summed E-state index contributed by atoms with van der Waals surface area (Å²) in [5.41, 5.74) is 0.660. The summed E-state index contributed by atoms with van der Waals surface area (Å²) in [7, 11) is 0. The molecule has 1 atom stereocenters. The number of hydrogen-bond acceptors (Lipinski definition) is 7. The summed E-state index contributed by atoms with van der Waals surface area (Å²) in [6, 6.07) is 0. The Morgan fingerprint density at radius 2 is 2.36 bits per heavy atom. The molecule has 22 heavy (non-hydrogen) atoms. The Hall–Kier alpha value is -1.56. The normalized spacial score (nSPS) is 17.0. The van der Waals surface area contributed by atoms with Gasteiger partial charge in [-0.2, -0.15) is 5.26 Å². The Balaban J connectivity index is 2.25. The number of nitriles is 1. The number of nitrogens with zero attached hydrogens (tertiary/aromatic N) is 1. The van der Waals surface area contributed by atoms with E-state index < -0.39 is 5.97 Å². The van der Waals surface area contributed by atoms with Gasteiger partial charge in [-0.25, -0.2) is 4.79 Å². The first-order valence-electron chi connectivity index (χ1n) is 6.83. The van der Waals surface area contributed by atoms with E-state index in [1.165, 1.54) is 0 Å². The molecule has 0 aromatic carbocycles. The summed E-state index contributed by atoms with van der Waals surface area (Å²) < 4.78 is 10.2. The molecule has 1 aliphatic rings. The number of amides is 1. The number of anilines is 1. The molecule has 1 unspecified atom stereocenters. The summed E-state index contributed by atoms with van der Waals surface area (Å²) in [6.07, 6.45) is 0.682. The van der Waals surface area contributed by atoms with Gasteiger partial charge in [-0.1, -0.05) is 0 Å². The molecule has 2 rings (SSSR count). The molecule has 1 aromatic rings. The van der Waals surface area contributed by atoms with Crippen LogP contribution in [0.2, 0.25) is 0 Å². The lowest BCUT2D eigenvalue weighted by Crippen LogP contribution is -2.22. The predicted molar refractivity (Wildman–Crippen MR) is 84.0 cm³/mol. The maximum Gasteiger partial charge on any atom is 0.348 e. The molecule has 0 saturated carbocycles. The van der Waals surface area contributed by atoms with Crippen molar-refractivity contribution in [1.29, 1.82) is 5.26 Å². The second-order valence-electron chi connectivity index (χ2n) is 4.68. The minimum absolute atomic E-state index is 0.144. The molecule has 6 nitrogen and oxygen atoms in total. The SMILES string of the molecule is CCOC(=O)c1sc(NC(=O)C2CCOC2)c(SC#N)c1C. The van der Waals surface area contributed by atoms with Gasteiger partial charge >= 0.3 is 5.97 Å². The largest absolute Gasteiger partial charge is 0.462 e. The summed E-state index contributed by atoms with van der Waals surface area (Å²) in [5, 5.41) is 14.3. The molecule has 1 fully saturated rings. The van der Waals surface area contributed by atoms with Crippen molar-refractivity contribution in [2.24, 2.45) is 5.92 Å². The molecule has 0 radical (unpaired) electrons. The van der Waals surface area contributed by atoms with Crippen molar-refractivity contribution in [3.8, 4) is 5.40 Å². The topological polar surface area (TPSA) is 88.4 Å². The zero-order valence-corrected chi connectivity index (χ0v) is 13.9. The first-order chi connectivity index (χ1) is 10.6. The fraction of sp³-hybridized carbons (Fsp3) is 0.500. The van der Waals surface area contributed by atoms with Gasteiger partial charge in [0.15, 0.2) is 0 Å². The van der Waals surface area contributed by atoms with E-state index in [1.54, 1.807) is 13.8 Å². The monoisotopic (exact) mass is 340 g/mol. The molecule has 8 heteroatoms. The van der Waals surface area contributed by atoms with Crippen LogP contribution in [0, 0.1) is 23.5 Å². The van der Waals surface area contributed by atoms with Gasteiger partial charge in [0.2, 0.25) is 5.91 Å². The van der Waals surface area contributed by atoms with Gasteiger partial charge in [0.1, 0.15) is 15.3 Å². The van der Waals surface area contributed by atoms with Crippen LogP contribution in [0.4, 0.5) is 5.00 Å². The van der Waals surface area contributed by atoms with E-state index in [-0.39, 0.29) is 18.4 Å². The lowest BCUT2D eigenvalue weighted by atomic mass is 10.1. The summed E-state index contributed by atoms with van der Waals surface area (Å²) in [6.45, 7) is 4.74. The molecular weight excluding hydrogens is 324 g/mol. The highest BCUT2D eigenvalue weighted by molar-refractivity contribution is 8.04. The molecule has 0 aliphatic carbocycles. The minimum atomic E-state index is -0.436. The van der Waals surface area contributed by atoms with Crippen LogP contribution in [-0.2, 0) is 14.3 Å². The van der Waals surface area contributed by atoms with Crippen LogP contribution in [-0.4, -0.2) is 31.7 Å². The van der Waals surface area contributed by atoms with Crippen LogP contribution < -0.4 is 5.32 Å². The van der Waals surface area contributed by atoms with Crippen molar-refractivity contribution < 1.29 is 19.1 Å². The highest BCUT2D eigenvalue weighted by Gasteiger charge is 2.27. The van der Waals surface area contributed by atoms with Gasteiger partial charge in [0.25, 0.3) is 0 Å². The number of carbonyl (C=O) groups is 2. The Bertz CT molecular complexity index is 615. The number of rotatable bonds is 5. The van der Waals surface area contributed by atoms with E-state index in [9.17, 15) is 9.59 Å². The number of ether oxygens (including phenoxy) is 2. The Morgan fingerprint density at radius 3 is 2.95 bits per heavy atom. The average Bonchev–Trinajstić information content (AvgIpc) is 3.11. The smallest absolute Gasteiger partial charge is 0.348 e. The second kappa shape index (κ2) is 7.63. The summed E-state index contributed by atoms with van der Waals surface area (Å²) >= 11 is 2.07. The zero-order chi connectivity index (χ0) is 16.1. The van der Waals surface area contributed by atoms with Gasteiger partial charge < -0.3 is 14.8 Å². The highest BCUT2D eigenvalue weighted by atomic mass is 32.2. The maximum absolute atomic E-state index is 12.2. The number of thioether (sulfide) groups is 1. The molecule has 1 N–H and O–H groups in total. The van der Waals surface area contributed by atoms with E-state index in [2.05, 4.69) is 5.32 Å². The summed E-state index contributed by atoms with van der Waals surface area (Å²) in [4.78, 5) is 25.1. The number of thiocyanates is 1. The molecule has 1 amide bonds. The van der Waals surface area contributed by atoms with Crippen molar-refractivity contribution in [3.05, 3.63) is 10.4 Å². The Morgan fingerprint density at radius 1 is 1.59 bits per heavy atom. The molecule has 1 aromatic heterocycles. The number of carbonyl (C=O) groups excluding carboxylic acids is 2. The fourth-order valence-electron chi connectivity index (χ4n) is 2.10. The Labute approximate surface area is 136 Å². The molecule has 2 heterocycles. The minimum Gasteiger partial charge on any atom is -0.462 e. The van der Waals surface area contributed by atoms with Crippen LogP contribution >= 0.6 is 23.1 Å². The van der Waals surface area contributed by atoms with Crippen molar-refractivity contribution >= 4 is 40.0 Å². The highest BCUT2D eigenvalue weighted by Crippen LogP contribution is 2.40. The number of thiophene rings is 1. The molecule has 0 bridgehead atoms. The first kappa shape index (κ1) is 16.8. The summed E-state index contributed by atoms with van der Waals surface area (Å²) in [5.74, 6) is -0.767. The van der Waals surface area contributed by atoms with E-state index in [0.29, 0.717) is 40.0 Å². The van der Waals surface area contributed by atoms with E-state index in [1.807, 2.05) is 5.40 Å². The van der Waals surface area contributed by atoms with Crippen LogP contribution in [0.5, 0.6) is 0 Å². The van der Waals surface area contributed by atoms with Crippen LogP contribution in [0.25, 0.3) is 0 Å². The van der Waals surface area contributed by atoms with Gasteiger partial charge in [-0.05, 0) is 37.6 Å². The lowest BCUT2D eigenvalue weighted by Gasteiger charge is -2.08. The lowest BCUT2D eigenvalue weighted by molar-refractivity contribution is -0.119. The second-order valence-corrected chi connectivity index (χ2v) is 6.49. The molecular formula is C14H16N2O4S2. The molecule has 0 spiro atoms. The molecule has 118 valence electrons. The maximum atomic E-state index is 12.2. The van der Waals surface area contributed by atoms with Gasteiger partial charge in [0.05, 0.1) is 24.0 Å². The van der Waals surface area contributed by atoms with Crippen molar-refractivity contribution in [2.45, 2.75) is 25.2 Å². The van der Waals surface area contributed by atoms with Gasteiger partial charge in [-0.3, -0.25) is 4.79 Å². The van der Waals surface area contributed by atoms with E-state index >= 15 is 0 Å². The first-order valence-corrected chi connectivity index (χ1v) is 8.46. The third-order valence-electron chi connectivity index (χ3n) is 3.24. The third kappa shape index (κ3) is 3.61. The van der Waals surface area contributed by atoms with Crippen molar-refractivity contribution in [1.82, 2.24) is 0 Å². The van der Waals surface area contributed by atoms with Crippen LogP contribution in [0.1, 0.15) is 28.6 Å². The van der Waals surface area contributed by atoms with Gasteiger partial charge in [-0.15, -0.1) is 11.3 Å². The molecule has 1 saturated heterocycles. The van der Waals surface area contributed by atoms with Crippen LogP contribution in [0.15, 0.2) is 4.90 Å². The van der Waals surface area contributed by atoms with Crippen molar-refractivity contribution in [3.63, 3.8) is 0 Å². The zero-order valence-electron chi connectivity index (χ0n) is 12.3. The van der Waals surface area contributed by atoms with E-state index in [4.69, 9.17) is 14.7 Å².